The van der Waals surface area contributed by atoms with Crippen molar-refractivity contribution in [3.8, 4) is 35.7 Å². The molecule has 0 aliphatic carbocycles. The molecule has 0 bridgehead atoms. The minimum absolute atomic E-state index is 0.119. The number of anilines is 1. The maximum absolute atomic E-state index is 12.5. The van der Waals surface area contributed by atoms with E-state index < -0.39 is 0 Å². The average molecular weight is 396 g/mol. The van der Waals surface area contributed by atoms with Gasteiger partial charge in [-0.3, -0.25) is 4.79 Å². The molecule has 8 nitrogen and oxygen atoms in total. The third kappa shape index (κ3) is 5.44. The van der Waals surface area contributed by atoms with Crippen LogP contribution in [-0.2, 0) is 11.8 Å². The van der Waals surface area contributed by atoms with Gasteiger partial charge in [0.15, 0.2) is 28.8 Å². The first-order valence-electron chi connectivity index (χ1n) is 8.80. The first kappa shape index (κ1) is 21.7. The maximum atomic E-state index is 12.5. The molecular formula is C21H24N4O4. The van der Waals surface area contributed by atoms with Gasteiger partial charge in [0.1, 0.15) is 0 Å². The molecule has 0 fully saturated rings. The predicted octanol–water partition coefficient (Wildman–Crippen LogP) is 1.26. The van der Waals surface area contributed by atoms with E-state index in [2.05, 4.69) is 33.4 Å². The number of amides is 1. The highest BCUT2D eigenvalue weighted by atomic mass is 16.5. The first-order chi connectivity index (χ1) is 14.0. The molecule has 8 heteroatoms. The highest BCUT2D eigenvalue weighted by molar-refractivity contribution is 5.97. The third-order valence-electron chi connectivity index (χ3n) is 3.96. The van der Waals surface area contributed by atoms with Crippen LogP contribution in [0.25, 0.3) is 0 Å². The molecule has 1 aromatic carbocycles. The van der Waals surface area contributed by atoms with E-state index in [9.17, 15) is 4.79 Å². The summed E-state index contributed by atoms with van der Waals surface area (Å²) in [5.74, 6) is 10.1. The number of methoxy groups -OCH3 is 3. The fraction of sp³-hybridized carbons (Fsp3) is 0.333. The van der Waals surface area contributed by atoms with Crippen LogP contribution in [0.1, 0.15) is 21.9 Å². The molecule has 1 heterocycles. The van der Waals surface area contributed by atoms with Gasteiger partial charge in [0, 0.05) is 26.3 Å². The van der Waals surface area contributed by atoms with Crippen LogP contribution >= 0.6 is 0 Å². The number of carbonyl (C=O) groups excluding carboxylic acids is 1. The number of benzene rings is 1. The quantitative estimate of drug-likeness (QED) is 0.516. The van der Waals surface area contributed by atoms with Crippen LogP contribution in [0.4, 0.5) is 5.82 Å². The minimum Gasteiger partial charge on any atom is -0.493 e. The Morgan fingerprint density at radius 2 is 1.97 bits per heavy atom. The zero-order valence-corrected chi connectivity index (χ0v) is 17.0. The minimum atomic E-state index is -0.336. The fourth-order valence-electron chi connectivity index (χ4n) is 2.52. The zero-order chi connectivity index (χ0) is 21.2. The van der Waals surface area contributed by atoms with E-state index >= 15 is 0 Å². The molecule has 2 N–H and O–H groups in total. The van der Waals surface area contributed by atoms with Crippen molar-refractivity contribution in [2.24, 2.45) is 7.05 Å². The number of imidazole rings is 1. The SMILES string of the molecule is C#CCNC(=O)c1c(NCCOC)nc(C#Cc2ccc(OC)c(OC)c2)n1C. The van der Waals surface area contributed by atoms with Crippen molar-refractivity contribution >= 4 is 11.7 Å². The van der Waals surface area contributed by atoms with Gasteiger partial charge < -0.3 is 29.4 Å². The number of terminal acetylenes is 1. The van der Waals surface area contributed by atoms with E-state index in [1.165, 1.54) is 0 Å². The summed E-state index contributed by atoms with van der Waals surface area (Å²) in [5.41, 5.74) is 1.06. The first-order valence-corrected chi connectivity index (χ1v) is 8.80. The van der Waals surface area contributed by atoms with Crippen LogP contribution in [0, 0.1) is 24.2 Å². The Morgan fingerprint density at radius 3 is 2.62 bits per heavy atom. The number of ether oxygens (including phenoxy) is 3. The van der Waals surface area contributed by atoms with Gasteiger partial charge in [-0.25, -0.2) is 4.98 Å². The number of carbonyl (C=O) groups is 1. The summed E-state index contributed by atoms with van der Waals surface area (Å²) >= 11 is 0. The summed E-state index contributed by atoms with van der Waals surface area (Å²) < 4.78 is 17.2. The van der Waals surface area contributed by atoms with Crippen LogP contribution in [0.5, 0.6) is 11.5 Å². The van der Waals surface area contributed by atoms with Crippen LogP contribution in [0.2, 0.25) is 0 Å². The van der Waals surface area contributed by atoms with Gasteiger partial charge in [-0.1, -0.05) is 11.8 Å². The molecule has 0 saturated heterocycles. The van der Waals surface area contributed by atoms with Gasteiger partial charge in [-0.05, 0) is 24.1 Å². The number of hydrogen-bond acceptors (Lipinski definition) is 6. The van der Waals surface area contributed by atoms with Gasteiger partial charge >= 0.3 is 0 Å². The molecule has 0 radical (unpaired) electrons. The summed E-state index contributed by atoms with van der Waals surface area (Å²) in [5, 5.41) is 5.74. The molecule has 2 aromatic rings. The number of nitrogens with zero attached hydrogens (tertiary/aromatic N) is 2. The van der Waals surface area contributed by atoms with Gasteiger partial charge in [0.05, 0.1) is 27.4 Å². The number of hydrogen-bond donors (Lipinski definition) is 2. The van der Waals surface area contributed by atoms with Crippen LogP contribution in [0.3, 0.4) is 0 Å². The van der Waals surface area contributed by atoms with E-state index in [-0.39, 0.29) is 12.5 Å². The molecule has 1 amide bonds. The predicted molar refractivity (Wildman–Crippen MR) is 110 cm³/mol. The Kier molecular flexibility index (Phi) is 7.96. The van der Waals surface area contributed by atoms with Crippen LogP contribution in [-0.4, -0.2) is 56.5 Å². The smallest absolute Gasteiger partial charge is 0.272 e. The van der Waals surface area contributed by atoms with Crippen molar-refractivity contribution in [2.75, 3.05) is 46.3 Å². The Hall–Kier alpha value is -3.62. The van der Waals surface area contributed by atoms with E-state index in [0.29, 0.717) is 42.0 Å². The van der Waals surface area contributed by atoms with E-state index in [0.717, 1.165) is 5.56 Å². The number of nitrogens with one attached hydrogen (secondary N) is 2. The summed E-state index contributed by atoms with van der Waals surface area (Å²) in [6.45, 7) is 1.08. The molecule has 152 valence electrons. The molecule has 0 saturated carbocycles. The highest BCUT2D eigenvalue weighted by Crippen LogP contribution is 2.27. The Balaban J connectivity index is 2.37. The average Bonchev–Trinajstić information content (AvgIpc) is 3.05. The summed E-state index contributed by atoms with van der Waals surface area (Å²) in [6.07, 6.45) is 5.23. The molecule has 0 atom stereocenters. The normalized spacial score (nSPS) is 9.76. The number of rotatable bonds is 8. The lowest BCUT2D eigenvalue weighted by atomic mass is 10.2. The lowest BCUT2D eigenvalue weighted by Crippen LogP contribution is -2.27. The van der Waals surface area contributed by atoms with Crippen molar-refractivity contribution in [1.82, 2.24) is 14.9 Å². The molecule has 29 heavy (non-hydrogen) atoms. The maximum Gasteiger partial charge on any atom is 0.272 e. The molecule has 0 unspecified atom stereocenters. The Morgan fingerprint density at radius 1 is 1.21 bits per heavy atom. The topological polar surface area (TPSA) is 86.6 Å². The summed E-state index contributed by atoms with van der Waals surface area (Å²) in [6, 6.07) is 5.36. The fourth-order valence-corrected chi connectivity index (χ4v) is 2.52. The molecule has 1 aromatic heterocycles. The second-order valence-corrected chi connectivity index (χ2v) is 5.82. The largest absolute Gasteiger partial charge is 0.493 e. The second-order valence-electron chi connectivity index (χ2n) is 5.82. The van der Waals surface area contributed by atoms with E-state index in [1.807, 2.05) is 6.07 Å². The number of aromatic nitrogens is 2. The van der Waals surface area contributed by atoms with Crippen LogP contribution < -0.4 is 20.1 Å². The lowest BCUT2D eigenvalue weighted by molar-refractivity contribution is 0.0951. The van der Waals surface area contributed by atoms with Gasteiger partial charge in [0.25, 0.3) is 5.91 Å². The Labute approximate surface area is 170 Å². The van der Waals surface area contributed by atoms with Crippen molar-refractivity contribution in [3.63, 3.8) is 0 Å². The van der Waals surface area contributed by atoms with Crippen molar-refractivity contribution in [3.05, 3.63) is 35.3 Å². The zero-order valence-electron chi connectivity index (χ0n) is 17.0. The van der Waals surface area contributed by atoms with Gasteiger partial charge in [-0.2, -0.15) is 0 Å². The van der Waals surface area contributed by atoms with Crippen molar-refractivity contribution in [2.45, 2.75) is 0 Å². The van der Waals surface area contributed by atoms with Crippen molar-refractivity contribution < 1.29 is 19.0 Å². The standard InChI is InChI=1S/C21H24N4O4/c1-6-11-23-21(26)19-20(22-12-13-27-3)24-18(25(19)2)10-8-15-7-9-16(28-4)17(14-15)29-5/h1,7,9,14,22H,11-13H2,2-5H3,(H,23,26). The highest BCUT2D eigenvalue weighted by Gasteiger charge is 2.20. The molecule has 2 rings (SSSR count). The van der Waals surface area contributed by atoms with Gasteiger partial charge in [-0.15, -0.1) is 6.42 Å². The lowest BCUT2D eigenvalue weighted by Gasteiger charge is -2.07. The van der Waals surface area contributed by atoms with Crippen molar-refractivity contribution in [1.29, 1.82) is 0 Å². The third-order valence-corrected chi connectivity index (χ3v) is 3.96. The molecular weight excluding hydrogens is 372 g/mol. The molecule has 0 aliphatic rings. The summed E-state index contributed by atoms with van der Waals surface area (Å²) in [4.78, 5) is 17.0. The summed E-state index contributed by atoms with van der Waals surface area (Å²) in [7, 11) is 6.45. The second kappa shape index (κ2) is 10.6. The monoisotopic (exact) mass is 396 g/mol. The van der Waals surface area contributed by atoms with E-state index in [4.69, 9.17) is 20.6 Å². The Bertz CT molecular complexity index is 964. The van der Waals surface area contributed by atoms with Crippen LogP contribution in [0.15, 0.2) is 18.2 Å². The molecule has 0 spiro atoms. The van der Waals surface area contributed by atoms with E-state index in [1.54, 1.807) is 45.1 Å². The molecule has 0 aliphatic heterocycles. The van der Waals surface area contributed by atoms with Gasteiger partial charge in [0.2, 0.25) is 0 Å².